The number of hydrogen-bond acceptors (Lipinski definition) is 12. The van der Waals surface area contributed by atoms with Crippen molar-refractivity contribution in [1.29, 1.82) is 5.26 Å². The van der Waals surface area contributed by atoms with Gasteiger partial charge in [0.25, 0.3) is 0 Å². The first kappa shape index (κ1) is 31.3. The Bertz CT molecular complexity index is 2010. The molecule has 4 aromatic rings. The van der Waals surface area contributed by atoms with Gasteiger partial charge in [-0.2, -0.15) is 15.2 Å². The van der Waals surface area contributed by atoms with Gasteiger partial charge >= 0.3 is 6.01 Å². The third kappa shape index (κ3) is 4.88. The first-order valence-electron chi connectivity index (χ1n) is 17.1. The number of nitrogens with two attached hydrogens (primary N) is 1. The van der Waals surface area contributed by atoms with Gasteiger partial charge in [0.15, 0.2) is 5.82 Å². The van der Waals surface area contributed by atoms with Gasteiger partial charge in [-0.25, -0.2) is 8.78 Å². The van der Waals surface area contributed by atoms with Crippen molar-refractivity contribution in [3.63, 3.8) is 0 Å². The summed E-state index contributed by atoms with van der Waals surface area (Å²) >= 11 is 1.28. The molecule has 4 atom stereocenters. The van der Waals surface area contributed by atoms with Crippen molar-refractivity contribution in [2.45, 2.75) is 69.1 Å². The molecule has 2 unspecified atom stereocenters. The van der Waals surface area contributed by atoms with Crippen molar-refractivity contribution in [2.75, 3.05) is 63.7 Å². The first-order valence-corrected chi connectivity index (χ1v) is 17.9. The van der Waals surface area contributed by atoms with E-state index >= 15 is 4.39 Å². The number of nitriles is 1. The largest absolute Gasteiger partial charge is 0.461 e. The van der Waals surface area contributed by atoms with Gasteiger partial charge in [0, 0.05) is 73.6 Å². The summed E-state index contributed by atoms with van der Waals surface area (Å²) in [7, 11) is 1.72. The number of alkyl halides is 1. The summed E-state index contributed by atoms with van der Waals surface area (Å²) in [6.45, 7) is 5.14. The molecule has 2 N–H and O–H groups in total. The van der Waals surface area contributed by atoms with E-state index < -0.39 is 17.5 Å². The Kier molecular flexibility index (Phi) is 7.62. The van der Waals surface area contributed by atoms with E-state index in [1.807, 2.05) is 0 Å². The van der Waals surface area contributed by atoms with Crippen LogP contribution in [0, 0.1) is 17.1 Å². The fourth-order valence-corrected chi connectivity index (χ4v) is 10.2. The second-order valence-corrected chi connectivity index (χ2v) is 15.2. The summed E-state index contributed by atoms with van der Waals surface area (Å²) in [6.07, 6.45) is 4.94. The van der Waals surface area contributed by atoms with Crippen LogP contribution in [0.5, 0.6) is 6.01 Å². The van der Waals surface area contributed by atoms with E-state index in [1.54, 1.807) is 19.4 Å². The number of nitrogen functional groups attached to an aromatic ring is 1. The van der Waals surface area contributed by atoms with Crippen molar-refractivity contribution < 1.29 is 23.0 Å². The normalized spacial score (nSPS) is 26.6. The van der Waals surface area contributed by atoms with Crippen molar-refractivity contribution in [3.05, 3.63) is 34.8 Å². The number of halogens is 2. The second kappa shape index (κ2) is 11.9. The monoisotopic (exact) mass is 688 g/mol. The molecule has 4 saturated heterocycles. The second-order valence-electron chi connectivity index (χ2n) is 14.1. The first-order chi connectivity index (χ1) is 23.9. The van der Waals surface area contributed by atoms with Gasteiger partial charge in [-0.05, 0) is 49.4 Å². The molecule has 0 saturated carbocycles. The lowest BCUT2D eigenvalue weighted by molar-refractivity contribution is 0.107. The summed E-state index contributed by atoms with van der Waals surface area (Å²) < 4.78 is 50.7. The third-order valence-electron chi connectivity index (χ3n) is 11.4. The Labute approximate surface area is 286 Å². The Balaban J connectivity index is 1.22. The molecule has 49 heavy (non-hydrogen) atoms. The molecule has 5 aliphatic rings. The van der Waals surface area contributed by atoms with Crippen LogP contribution in [0.2, 0.25) is 0 Å². The molecular formula is C35H38F2N8O3S. The molecule has 0 amide bonds. The minimum absolute atomic E-state index is 0.0830. The molecule has 3 aromatic heterocycles. The molecule has 9 rings (SSSR count). The van der Waals surface area contributed by atoms with Gasteiger partial charge in [-0.3, -0.25) is 14.8 Å². The molecule has 14 heteroatoms. The van der Waals surface area contributed by atoms with Crippen molar-refractivity contribution in [1.82, 2.24) is 24.8 Å². The smallest absolute Gasteiger partial charge is 0.319 e. The summed E-state index contributed by atoms with van der Waals surface area (Å²) in [4.78, 5) is 21.5. The number of anilines is 2. The van der Waals surface area contributed by atoms with E-state index in [0.717, 1.165) is 62.1 Å². The SMILES string of the molecule is COCCN1CC2CCC(C1)N2c1nc(OC[C@@]23CCCN2C[C@H](F)C3)nc2c(F)c(-c3nccc4sc(N)c(C#N)c34)c3c(c12)COC3. The van der Waals surface area contributed by atoms with Gasteiger partial charge in [0.2, 0.25) is 0 Å². The number of fused-ring (bicyclic) bond motifs is 7. The predicted octanol–water partition coefficient (Wildman–Crippen LogP) is 4.78. The number of thiophene rings is 1. The number of rotatable bonds is 8. The van der Waals surface area contributed by atoms with Gasteiger partial charge < -0.3 is 24.8 Å². The van der Waals surface area contributed by atoms with Crippen LogP contribution in [0.4, 0.5) is 19.6 Å². The zero-order chi connectivity index (χ0) is 33.4. The lowest BCUT2D eigenvalue weighted by atomic mass is 9.93. The van der Waals surface area contributed by atoms with Crippen molar-refractivity contribution in [3.8, 4) is 23.3 Å². The quantitative estimate of drug-likeness (QED) is 0.275. The maximum Gasteiger partial charge on any atom is 0.319 e. The molecule has 0 spiro atoms. The number of benzene rings is 1. The molecular weight excluding hydrogens is 651 g/mol. The van der Waals surface area contributed by atoms with Crippen LogP contribution in [-0.2, 0) is 22.7 Å². The lowest BCUT2D eigenvalue weighted by Crippen LogP contribution is -2.54. The molecule has 8 heterocycles. The zero-order valence-electron chi connectivity index (χ0n) is 27.4. The van der Waals surface area contributed by atoms with Gasteiger partial charge in [-0.15, -0.1) is 11.3 Å². The third-order valence-corrected chi connectivity index (χ3v) is 12.4. The molecule has 0 aliphatic carbocycles. The Hall–Kier alpha value is -3.74. The molecule has 5 aliphatic heterocycles. The average Bonchev–Trinajstić information content (AvgIpc) is 3.90. The van der Waals surface area contributed by atoms with Crippen LogP contribution >= 0.6 is 11.3 Å². The number of ether oxygens (including phenoxy) is 3. The van der Waals surface area contributed by atoms with Crippen LogP contribution in [0.3, 0.4) is 0 Å². The van der Waals surface area contributed by atoms with E-state index in [1.165, 1.54) is 11.3 Å². The lowest BCUT2D eigenvalue weighted by Gasteiger charge is -2.42. The van der Waals surface area contributed by atoms with Gasteiger partial charge in [0.1, 0.15) is 35.2 Å². The van der Waals surface area contributed by atoms with Gasteiger partial charge in [-0.1, -0.05) is 0 Å². The standard InChI is InChI=1S/C35H38F2N8O3S/c1-46-10-9-43-14-20-3-4-21(15-43)45(20)33-28-24-17-47-16-23(24)27(30-26-22(12-38)32(39)49-25(26)5-7-40-30)29(37)31(28)41-34(42-33)48-18-35-6-2-8-44(35)13-19(36)11-35/h5,7,19-21H,2-4,6,8-11,13-18,39H2,1H3/t19-,20?,21?,35+/m1/s1. The minimum atomic E-state index is -0.899. The highest BCUT2D eigenvalue weighted by atomic mass is 32.1. The zero-order valence-corrected chi connectivity index (χ0v) is 28.2. The van der Waals surface area contributed by atoms with Crippen LogP contribution in [0.1, 0.15) is 48.8 Å². The molecule has 4 fully saturated rings. The number of likely N-dealkylation sites (tertiary alicyclic amines) is 1. The predicted molar refractivity (Wildman–Crippen MR) is 182 cm³/mol. The number of aromatic nitrogens is 3. The molecule has 2 bridgehead atoms. The number of methoxy groups -OCH3 is 1. The van der Waals surface area contributed by atoms with E-state index in [9.17, 15) is 9.65 Å². The molecule has 1 aromatic carbocycles. The van der Waals surface area contributed by atoms with Crippen LogP contribution < -0.4 is 15.4 Å². The highest BCUT2D eigenvalue weighted by molar-refractivity contribution is 7.23. The van der Waals surface area contributed by atoms with E-state index in [0.29, 0.717) is 52.4 Å². The Morgan fingerprint density at radius 2 is 1.98 bits per heavy atom. The topological polar surface area (TPSA) is 126 Å². The number of hydrogen-bond donors (Lipinski definition) is 1. The fourth-order valence-electron chi connectivity index (χ4n) is 9.24. The fraction of sp³-hybridized carbons (Fsp3) is 0.543. The highest BCUT2D eigenvalue weighted by Crippen LogP contribution is 2.48. The molecule has 0 radical (unpaired) electrons. The maximum atomic E-state index is 17.5. The Morgan fingerprint density at radius 3 is 2.78 bits per heavy atom. The van der Waals surface area contributed by atoms with Crippen molar-refractivity contribution >= 4 is 43.1 Å². The minimum Gasteiger partial charge on any atom is -0.461 e. The number of pyridine rings is 1. The van der Waals surface area contributed by atoms with Crippen LogP contribution in [-0.4, -0.2) is 102 Å². The molecule has 256 valence electrons. The van der Waals surface area contributed by atoms with E-state index in [2.05, 4.69) is 25.8 Å². The summed E-state index contributed by atoms with van der Waals surface area (Å²) in [5.41, 5.74) is 8.37. The van der Waals surface area contributed by atoms with Crippen LogP contribution in [0.25, 0.3) is 32.2 Å². The summed E-state index contributed by atoms with van der Waals surface area (Å²) in [6, 6.07) is 4.44. The van der Waals surface area contributed by atoms with Gasteiger partial charge in [0.05, 0.1) is 42.0 Å². The summed E-state index contributed by atoms with van der Waals surface area (Å²) in [5, 5.41) is 11.6. The van der Waals surface area contributed by atoms with E-state index in [-0.39, 0.29) is 54.6 Å². The highest BCUT2D eigenvalue weighted by Gasteiger charge is 2.50. The van der Waals surface area contributed by atoms with Crippen molar-refractivity contribution in [2.24, 2.45) is 0 Å². The number of nitrogens with zero attached hydrogens (tertiary/aromatic N) is 7. The molecule has 11 nitrogen and oxygen atoms in total. The van der Waals surface area contributed by atoms with E-state index in [4.69, 9.17) is 29.9 Å². The maximum absolute atomic E-state index is 17.5. The van der Waals surface area contributed by atoms with Crippen LogP contribution in [0.15, 0.2) is 12.3 Å². The average molecular weight is 689 g/mol. The summed E-state index contributed by atoms with van der Waals surface area (Å²) in [5.74, 6) is 0.100. The number of piperazine rings is 1. The Morgan fingerprint density at radius 1 is 1.16 bits per heavy atom.